The summed E-state index contributed by atoms with van der Waals surface area (Å²) >= 11 is 0. The number of rotatable bonds is 4. The van der Waals surface area contributed by atoms with Crippen LogP contribution in [-0.2, 0) is 0 Å². The Balaban J connectivity index is 2.33. The molecule has 1 saturated heterocycles. The third-order valence-electron chi connectivity index (χ3n) is 4.06. The molecule has 1 heterocycles. The van der Waals surface area contributed by atoms with Crippen molar-refractivity contribution in [2.45, 2.75) is 38.3 Å². The second-order valence-electron chi connectivity index (χ2n) is 5.60. The van der Waals surface area contributed by atoms with Crippen LogP contribution >= 0.6 is 0 Å². The molecule has 1 aliphatic rings. The Labute approximate surface area is 110 Å². The number of methoxy groups -OCH3 is 1. The third kappa shape index (κ3) is 2.38. The Kier molecular flexibility index (Phi) is 3.93. The van der Waals surface area contributed by atoms with Crippen LogP contribution in [0, 0.1) is 0 Å². The summed E-state index contributed by atoms with van der Waals surface area (Å²) in [6.07, 6.45) is 2.48. The van der Waals surface area contributed by atoms with Crippen LogP contribution in [0.25, 0.3) is 0 Å². The van der Waals surface area contributed by atoms with E-state index < -0.39 is 0 Å². The molecule has 0 amide bonds. The summed E-state index contributed by atoms with van der Waals surface area (Å²) in [6.45, 7) is 6.35. The molecule has 1 unspecified atom stereocenters. The Morgan fingerprint density at radius 3 is 2.67 bits per heavy atom. The number of para-hydroxylation sites is 1. The van der Waals surface area contributed by atoms with Gasteiger partial charge in [0, 0.05) is 17.6 Å². The molecular weight excluding hydrogens is 224 g/mol. The number of hydrogen-bond donors (Lipinski definition) is 1. The van der Waals surface area contributed by atoms with Gasteiger partial charge in [0.25, 0.3) is 0 Å². The molecule has 2 rings (SSSR count). The Morgan fingerprint density at radius 2 is 2.11 bits per heavy atom. The first-order valence-corrected chi connectivity index (χ1v) is 6.70. The van der Waals surface area contributed by atoms with Crippen molar-refractivity contribution in [1.29, 1.82) is 0 Å². The zero-order valence-electron chi connectivity index (χ0n) is 11.6. The molecule has 1 aromatic rings. The Morgan fingerprint density at radius 1 is 1.39 bits per heavy atom. The first-order chi connectivity index (χ1) is 8.60. The number of ether oxygens (including phenoxy) is 1. The van der Waals surface area contributed by atoms with Gasteiger partial charge >= 0.3 is 0 Å². The predicted octanol–water partition coefficient (Wildman–Crippen LogP) is 2.57. The maximum atomic E-state index is 6.03. The summed E-state index contributed by atoms with van der Waals surface area (Å²) in [6, 6.07) is 8.46. The highest BCUT2D eigenvalue weighted by Crippen LogP contribution is 2.38. The van der Waals surface area contributed by atoms with Gasteiger partial charge in [0.15, 0.2) is 0 Å². The second-order valence-corrected chi connectivity index (χ2v) is 5.60. The maximum Gasteiger partial charge on any atom is 0.123 e. The Bertz CT molecular complexity index is 403. The molecule has 3 heteroatoms. The van der Waals surface area contributed by atoms with E-state index in [0.717, 1.165) is 12.3 Å². The minimum absolute atomic E-state index is 0.227. The summed E-state index contributed by atoms with van der Waals surface area (Å²) in [7, 11) is 1.72. The number of nitrogens with zero attached hydrogens (tertiary/aromatic N) is 1. The molecule has 1 atom stereocenters. The molecule has 0 aromatic heterocycles. The van der Waals surface area contributed by atoms with E-state index in [1.807, 2.05) is 12.1 Å². The lowest BCUT2D eigenvalue weighted by molar-refractivity contribution is 0.117. The van der Waals surface area contributed by atoms with Crippen LogP contribution < -0.4 is 10.5 Å². The predicted molar refractivity (Wildman–Crippen MR) is 74.8 cm³/mol. The van der Waals surface area contributed by atoms with E-state index in [0.29, 0.717) is 6.54 Å². The molecular formula is C15H24N2O. The van der Waals surface area contributed by atoms with Crippen molar-refractivity contribution < 1.29 is 4.74 Å². The van der Waals surface area contributed by atoms with Gasteiger partial charge in [0.2, 0.25) is 0 Å². The normalized spacial score (nSPS) is 20.9. The number of likely N-dealkylation sites (tertiary alicyclic amines) is 1. The van der Waals surface area contributed by atoms with Crippen LogP contribution in [0.4, 0.5) is 0 Å². The topological polar surface area (TPSA) is 38.5 Å². The fourth-order valence-electron chi connectivity index (χ4n) is 3.07. The van der Waals surface area contributed by atoms with E-state index in [4.69, 9.17) is 10.5 Å². The highest BCUT2D eigenvalue weighted by Gasteiger charge is 2.37. The molecule has 0 spiro atoms. The maximum absolute atomic E-state index is 6.03. The van der Waals surface area contributed by atoms with E-state index in [1.54, 1.807) is 7.11 Å². The third-order valence-corrected chi connectivity index (χ3v) is 4.06. The van der Waals surface area contributed by atoms with Crippen molar-refractivity contribution >= 4 is 0 Å². The Hall–Kier alpha value is -1.06. The van der Waals surface area contributed by atoms with Crippen molar-refractivity contribution in [3.63, 3.8) is 0 Å². The minimum Gasteiger partial charge on any atom is -0.496 e. The van der Waals surface area contributed by atoms with Gasteiger partial charge in [-0.1, -0.05) is 18.2 Å². The standard InChI is InChI=1S/C15H24N2O/c1-15(2)9-6-10-17(15)13(11-16)12-7-4-5-8-14(12)18-3/h4-5,7-8,13H,6,9-11,16H2,1-3H3. The first kappa shape index (κ1) is 13.4. The van der Waals surface area contributed by atoms with E-state index >= 15 is 0 Å². The molecule has 100 valence electrons. The summed E-state index contributed by atoms with van der Waals surface area (Å²) in [5.74, 6) is 0.940. The number of benzene rings is 1. The van der Waals surface area contributed by atoms with Crippen LogP contribution in [0.1, 0.15) is 38.3 Å². The molecule has 0 bridgehead atoms. The van der Waals surface area contributed by atoms with E-state index in [-0.39, 0.29) is 11.6 Å². The van der Waals surface area contributed by atoms with Crippen molar-refractivity contribution in [2.24, 2.45) is 5.73 Å². The molecule has 1 aliphatic heterocycles. The average Bonchev–Trinajstić information content (AvgIpc) is 2.71. The van der Waals surface area contributed by atoms with Crippen molar-refractivity contribution in [1.82, 2.24) is 4.90 Å². The molecule has 3 nitrogen and oxygen atoms in total. The van der Waals surface area contributed by atoms with Gasteiger partial charge in [-0.3, -0.25) is 4.90 Å². The lowest BCUT2D eigenvalue weighted by atomic mass is 9.97. The quantitative estimate of drug-likeness (QED) is 0.890. The summed E-state index contributed by atoms with van der Waals surface area (Å²) < 4.78 is 5.47. The first-order valence-electron chi connectivity index (χ1n) is 6.70. The fourth-order valence-corrected chi connectivity index (χ4v) is 3.07. The van der Waals surface area contributed by atoms with Gasteiger partial charge in [-0.15, -0.1) is 0 Å². The van der Waals surface area contributed by atoms with Crippen LogP contribution in [0.3, 0.4) is 0 Å². The highest BCUT2D eigenvalue weighted by molar-refractivity contribution is 5.36. The van der Waals surface area contributed by atoms with Crippen molar-refractivity contribution in [3.8, 4) is 5.75 Å². The molecule has 2 N–H and O–H groups in total. The largest absolute Gasteiger partial charge is 0.496 e. The molecule has 18 heavy (non-hydrogen) atoms. The van der Waals surface area contributed by atoms with Gasteiger partial charge < -0.3 is 10.5 Å². The van der Waals surface area contributed by atoms with Gasteiger partial charge in [-0.25, -0.2) is 0 Å². The van der Waals surface area contributed by atoms with Crippen molar-refractivity contribution in [2.75, 3.05) is 20.2 Å². The van der Waals surface area contributed by atoms with Crippen LogP contribution in [0.2, 0.25) is 0 Å². The minimum atomic E-state index is 0.227. The zero-order valence-corrected chi connectivity index (χ0v) is 11.6. The van der Waals surface area contributed by atoms with E-state index in [1.165, 1.54) is 18.4 Å². The van der Waals surface area contributed by atoms with E-state index in [9.17, 15) is 0 Å². The lowest BCUT2D eigenvalue weighted by Crippen LogP contribution is -2.43. The molecule has 0 radical (unpaired) electrons. The molecule has 0 aliphatic carbocycles. The number of nitrogens with two attached hydrogens (primary N) is 1. The summed E-state index contributed by atoms with van der Waals surface area (Å²) in [5.41, 5.74) is 7.47. The molecule has 1 aromatic carbocycles. The van der Waals surface area contributed by atoms with Gasteiger partial charge in [0.05, 0.1) is 13.2 Å². The van der Waals surface area contributed by atoms with Crippen molar-refractivity contribution in [3.05, 3.63) is 29.8 Å². The average molecular weight is 248 g/mol. The monoisotopic (exact) mass is 248 g/mol. The smallest absolute Gasteiger partial charge is 0.123 e. The second kappa shape index (κ2) is 5.29. The van der Waals surface area contributed by atoms with Gasteiger partial charge in [-0.2, -0.15) is 0 Å². The summed E-state index contributed by atoms with van der Waals surface area (Å²) in [5, 5.41) is 0. The van der Waals surface area contributed by atoms with Crippen LogP contribution in [-0.4, -0.2) is 30.6 Å². The van der Waals surface area contributed by atoms with E-state index in [2.05, 4.69) is 30.9 Å². The van der Waals surface area contributed by atoms with Gasteiger partial charge in [0.1, 0.15) is 5.75 Å². The number of hydrogen-bond acceptors (Lipinski definition) is 3. The zero-order chi connectivity index (χ0) is 13.2. The lowest BCUT2D eigenvalue weighted by Gasteiger charge is -2.38. The van der Waals surface area contributed by atoms with Gasteiger partial charge in [-0.05, 0) is 39.3 Å². The fraction of sp³-hybridized carbons (Fsp3) is 0.600. The highest BCUT2D eigenvalue weighted by atomic mass is 16.5. The van der Waals surface area contributed by atoms with Crippen LogP contribution in [0.15, 0.2) is 24.3 Å². The van der Waals surface area contributed by atoms with Crippen LogP contribution in [0.5, 0.6) is 5.75 Å². The molecule has 0 saturated carbocycles. The molecule has 1 fully saturated rings. The summed E-state index contributed by atoms with van der Waals surface area (Å²) in [4.78, 5) is 2.52. The SMILES string of the molecule is COc1ccccc1C(CN)N1CCCC1(C)C.